The van der Waals surface area contributed by atoms with Gasteiger partial charge in [0, 0.05) is 42.9 Å². The second kappa shape index (κ2) is 12.5. The predicted octanol–water partition coefficient (Wildman–Crippen LogP) is 2.95. The van der Waals surface area contributed by atoms with Crippen molar-refractivity contribution < 1.29 is 35.9 Å². The fourth-order valence-electron chi connectivity index (χ4n) is 4.12. The maximum Gasteiger partial charge on any atom is 0.416 e. The molecule has 0 saturated carbocycles. The number of sulfonamides is 1. The van der Waals surface area contributed by atoms with E-state index in [1.54, 1.807) is 33.9 Å². The molecule has 0 bridgehead atoms. The number of benzene rings is 2. The van der Waals surface area contributed by atoms with Crippen molar-refractivity contribution in [3.8, 4) is 17.6 Å². The van der Waals surface area contributed by atoms with Crippen LogP contribution in [0.1, 0.15) is 44.5 Å². The summed E-state index contributed by atoms with van der Waals surface area (Å²) >= 11 is 0. The molecule has 42 heavy (non-hydrogen) atoms. The van der Waals surface area contributed by atoms with E-state index < -0.39 is 33.6 Å². The van der Waals surface area contributed by atoms with Crippen LogP contribution in [0.5, 0.6) is 5.75 Å². The molecular weight excluding hydrogens is 575 g/mol. The zero-order chi connectivity index (χ0) is 30.5. The largest absolute Gasteiger partial charge is 0.494 e. The minimum absolute atomic E-state index is 0.0453. The molecule has 4 rings (SSSR count). The van der Waals surface area contributed by atoms with Crippen molar-refractivity contribution >= 4 is 27.7 Å². The molecule has 0 radical (unpaired) electrons. The number of alkyl halides is 3. The maximum absolute atomic E-state index is 13.7. The first-order valence-electron chi connectivity index (χ1n) is 12.7. The van der Waals surface area contributed by atoms with E-state index in [-0.39, 0.29) is 29.9 Å². The zero-order valence-corrected chi connectivity index (χ0v) is 23.4. The molecule has 3 aromatic rings. The monoisotopic (exact) mass is 601 g/mol. The van der Waals surface area contributed by atoms with Crippen molar-refractivity contribution in [3.63, 3.8) is 0 Å². The first-order valence-corrected chi connectivity index (χ1v) is 14.6. The first kappa shape index (κ1) is 30.3. The van der Waals surface area contributed by atoms with Gasteiger partial charge in [0.25, 0.3) is 11.8 Å². The van der Waals surface area contributed by atoms with Crippen molar-refractivity contribution in [2.75, 3.05) is 43.9 Å². The fraction of sp³-hybridized carbons (Fsp3) is 0.286. The highest BCUT2D eigenvalue weighted by Crippen LogP contribution is 2.31. The van der Waals surface area contributed by atoms with Crippen molar-refractivity contribution in [3.05, 3.63) is 82.5 Å². The fourth-order valence-corrected chi connectivity index (χ4v) is 4.56. The van der Waals surface area contributed by atoms with Crippen molar-refractivity contribution in [2.24, 2.45) is 0 Å². The van der Waals surface area contributed by atoms with E-state index in [0.29, 0.717) is 36.8 Å². The van der Waals surface area contributed by atoms with Crippen LogP contribution in [0.15, 0.2) is 54.6 Å². The van der Waals surface area contributed by atoms with Crippen LogP contribution in [0.2, 0.25) is 0 Å². The molecular formula is C28H26F3N5O5S. The number of anilines is 1. The van der Waals surface area contributed by atoms with Gasteiger partial charge in [-0.25, -0.2) is 13.1 Å². The number of amides is 2. The molecule has 1 N–H and O–H groups in total. The average Bonchev–Trinajstić information content (AvgIpc) is 2.95. The van der Waals surface area contributed by atoms with Gasteiger partial charge in [-0.15, -0.1) is 10.2 Å². The highest BCUT2D eigenvalue weighted by atomic mass is 32.2. The summed E-state index contributed by atoms with van der Waals surface area (Å²) < 4.78 is 70.8. The second-order valence-corrected chi connectivity index (χ2v) is 11.0. The number of hydrogen-bond acceptors (Lipinski definition) is 8. The maximum atomic E-state index is 13.7. The molecule has 2 amide bonds. The van der Waals surface area contributed by atoms with Crippen LogP contribution in [-0.2, 0) is 16.2 Å². The lowest BCUT2D eigenvalue weighted by Gasteiger charge is -2.35. The van der Waals surface area contributed by atoms with E-state index in [1.807, 2.05) is 6.92 Å². The van der Waals surface area contributed by atoms with Gasteiger partial charge in [-0.2, -0.15) is 13.2 Å². The standard InChI is InChI=1S/C28H26F3N5O5S/c1-3-41-23-6-4-5-19(17-23)7-8-20-15-21(18-22(16-20)28(29,30)31)27(38)36-13-11-35(12-14-36)25-10-9-24(32-33-25)26(37)34-42(2,39)40/h4-6,9-10,15-18H,3,11-14H2,1-2H3,(H,34,37). The van der Waals surface area contributed by atoms with E-state index in [9.17, 15) is 31.2 Å². The number of rotatable bonds is 6. The number of carbonyl (C=O) groups is 2. The third-order valence-electron chi connectivity index (χ3n) is 6.06. The summed E-state index contributed by atoms with van der Waals surface area (Å²) in [6, 6.07) is 12.7. The van der Waals surface area contributed by atoms with Gasteiger partial charge < -0.3 is 14.5 Å². The number of hydrogen-bond donors (Lipinski definition) is 1. The second-order valence-electron chi connectivity index (χ2n) is 9.27. The van der Waals surface area contributed by atoms with Crippen LogP contribution in [0.25, 0.3) is 0 Å². The molecule has 2 aromatic carbocycles. The molecule has 14 heteroatoms. The topological polar surface area (TPSA) is 122 Å². The summed E-state index contributed by atoms with van der Waals surface area (Å²) in [5.74, 6) is 5.05. The molecule has 0 atom stereocenters. The van der Waals surface area contributed by atoms with Crippen LogP contribution in [0.3, 0.4) is 0 Å². The Balaban J connectivity index is 1.48. The number of nitrogens with zero attached hydrogens (tertiary/aromatic N) is 4. The van der Waals surface area contributed by atoms with Gasteiger partial charge in [0.15, 0.2) is 11.5 Å². The summed E-state index contributed by atoms with van der Waals surface area (Å²) in [6.07, 6.45) is -3.84. The number of halogens is 3. The Hall–Kier alpha value is -4.64. The van der Waals surface area contributed by atoms with E-state index in [4.69, 9.17) is 4.74 Å². The number of aromatic nitrogens is 2. The molecule has 1 fully saturated rings. The highest BCUT2D eigenvalue weighted by molar-refractivity contribution is 7.89. The Bertz CT molecular complexity index is 1640. The molecule has 1 saturated heterocycles. The van der Waals surface area contributed by atoms with Gasteiger partial charge >= 0.3 is 6.18 Å². The summed E-state index contributed by atoms with van der Waals surface area (Å²) in [5, 5.41) is 7.72. The van der Waals surface area contributed by atoms with E-state index in [2.05, 4.69) is 22.0 Å². The summed E-state index contributed by atoms with van der Waals surface area (Å²) in [5.41, 5.74) is -0.705. The Labute approximate surface area is 240 Å². The minimum Gasteiger partial charge on any atom is -0.494 e. The van der Waals surface area contributed by atoms with Crippen molar-refractivity contribution in [1.82, 2.24) is 19.8 Å². The average molecular weight is 602 g/mol. The van der Waals surface area contributed by atoms with Crippen LogP contribution in [0, 0.1) is 11.8 Å². The first-order chi connectivity index (χ1) is 19.8. The lowest BCUT2D eigenvalue weighted by molar-refractivity contribution is -0.137. The lowest BCUT2D eigenvalue weighted by Crippen LogP contribution is -2.49. The van der Waals surface area contributed by atoms with Crippen LogP contribution in [0.4, 0.5) is 19.0 Å². The molecule has 10 nitrogen and oxygen atoms in total. The quantitative estimate of drug-likeness (QED) is 0.428. The van der Waals surface area contributed by atoms with E-state index >= 15 is 0 Å². The summed E-state index contributed by atoms with van der Waals surface area (Å²) in [7, 11) is -3.76. The summed E-state index contributed by atoms with van der Waals surface area (Å²) in [4.78, 5) is 28.4. The number of carbonyl (C=O) groups excluding carboxylic acids is 2. The normalized spacial score (nSPS) is 13.6. The number of ether oxygens (including phenoxy) is 1. The lowest BCUT2D eigenvalue weighted by atomic mass is 10.0. The molecule has 220 valence electrons. The van der Waals surface area contributed by atoms with Crippen molar-refractivity contribution in [2.45, 2.75) is 13.1 Å². The smallest absolute Gasteiger partial charge is 0.416 e. The molecule has 1 aliphatic heterocycles. The Morgan fingerprint density at radius 2 is 1.69 bits per heavy atom. The molecule has 1 aliphatic rings. The van der Waals surface area contributed by atoms with E-state index in [0.717, 1.165) is 18.4 Å². The van der Waals surface area contributed by atoms with Crippen LogP contribution < -0.4 is 14.4 Å². The van der Waals surface area contributed by atoms with Gasteiger partial charge in [0.2, 0.25) is 10.0 Å². The zero-order valence-electron chi connectivity index (χ0n) is 22.6. The Morgan fingerprint density at radius 1 is 0.976 bits per heavy atom. The van der Waals surface area contributed by atoms with Gasteiger partial charge in [-0.1, -0.05) is 17.9 Å². The predicted molar refractivity (Wildman–Crippen MR) is 147 cm³/mol. The molecule has 1 aromatic heterocycles. The SMILES string of the molecule is CCOc1cccc(C#Cc2cc(C(=O)N3CCN(c4ccc(C(=O)NS(C)(=O)=O)nn4)CC3)cc(C(F)(F)F)c2)c1. The molecule has 0 aliphatic carbocycles. The Morgan fingerprint density at radius 3 is 2.31 bits per heavy atom. The third-order valence-corrected chi connectivity index (χ3v) is 6.61. The molecule has 0 unspecified atom stereocenters. The van der Waals surface area contributed by atoms with E-state index in [1.165, 1.54) is 23.1 Å². The minimum atomic E-state index is -4.68. The Kier molecular flexibility index (Phi) is 9.01. The number of piperazine rings is 1. The van der Waals surface area contributed by atoms with Gasteiger partial charge in [0.05, 0.1) is 18.4 Å². The van der Waals surface area contributed by atoms with Gasteiger partial charge in [-0.3, -0.25) is 9.59 Å². The molecule has 2 heterocycles. The van der Waals surface area contributed by atoms with Crippen LogP contribution in [-0.4, -0.2) is 74.4 Å². The number of nitrogens with one attached hydrogen (secondary N) is 1. The highest BCUT2D eigenvalue weighted by Gasteiger charge is 2.33. The van der Waals surface area contributed by atoms with Gasteiger partial charge in [-0.05, 0) is 55.5 Å². The molecule has 0 spiro atoms. The van der Waals surface area contributed by atoms with Crippen LogP contribution >= 0.6 is 0 Å². The van der Waals surface area contributed by atoms with Gasteiger partial charge in [0.1, 0.15) is 5.75 Å². The summed E-state index contributed by atoms with van der Waals surface area (Å²) in [6.45, 7) is 3.28. The van der Waals surface area contributed by atoms with Crippen molar-refractivity contribution in [1.29, 1.82) is 0 Å². The third kappa shape index (κ3) is 7.97.